The average Bonchev–Trinajstić information content (AvgIpc) is 2.28. The summed E-state index contributed by atoms with van der Waals surface area (Å²) in [5.74, 6) is -1.25. The fourth-order valence-corrected chi connectivity index (χ4v) is 1.20. The Hall–Kier alpha value is -2.35. The molecular weight excluding hydrogens is 210 g/mol. The zero-order valence-electron chi connectivity index (χ0n) is 8.56. The van der Waals surface area contributed by atoms with Gasteiger partial charge in [-0.05, 0) is 19.1 Å². The van der Waals surface area contributed by atoms with Gasteiger partial charge in [-0.25, -0.2) is 4.79 Å². The predicted molar refractivity (Wildman–Crippen MR) is 54.2 cm³/mol. The zero-order chi connectivity index (χ0) is 12.1. The van der Waals surface area contributed by atoms with E-state index in [0.717, 1.165) is 0 Å². The number of ether oxygens (including phenoxy) is 1. The molecule has 0 unspecified atom stereocenters. The molecule has 0 amide bonds. The highest BCUT2D eigenvalue weighted by Gasteiger charge is 2.18. The first-order valence-corrected chi connectivity index (χ1v) is 4.54. The van der Waals surface area contributed by atoms with E-state index < -0.39 is 11.7 Å². The molecule has 5 nitrogen and oxygen atoms in total. The maximum atomic E-state index is 11.4. The van der Waals surface area contributed by atoms with E-state index in [1.54, 1.807) is 13.0 Å². The zero-order valence-corrected chi connectivity index (χ0v) is 8.56. The number of benzene rings is 1. The van der Waals surface area contributed by atoms with Crippen LogP contribution in [0.5, 0.6) is 5.75 Å². The van der Waals surface area contributed by atoms with Crippen LogP contribution in [-0.2, 0) is 4.74 Å². The molecule has 0 aliphatic carbocycles. The molecule has 0 atom stereocenters. The highest BCUT2D eigenvalue weighted by Crippen LogP contribution is 2.25. The quantitative estimate of drug-likeness (QED) is 0.610. The van der Waals surface area contributed by atoms with Gasteiger partial charge in [0.25, 0.3) is 0 Å². The molecule has 82 valence electrons. The Balaban J connectivity index is 3.30. The number of aldehydes is 1. The monoisotopic (exact) mass is 219 g/mol. The van der Waals surface area contributed by atoms with Crippen molar-refractivity contribution in [1.29, 1.82) is 5.26 Å². The predicted octanol–water partition coefficient (Wildman–Crippen LogP) is 1.25. The molecule has 0 aromatic heterocycles. The summed E-state index contributed by atoms with van der Waals surface area (Å²) in [6, 6.07) is 4.20. The third-order valence-corrected chi connectivity index (χ3v) is 1.94. The van der Waals surface area contributed by atoms with Crippen LogP contribution in [0.4, 0.5) is 0 Å². The number of esters is 1. The molecule has 1 rings (SSSR count). The summed E-state index contributed by atoms with van der Waals surface area (Å²) in [6.07, 6.45) is 0.438. The Bertz CT molecular complexity index is 474. The van der Waals surface area contributed by atoms with Crippen LogP contribution in [0.2, 0.25) is 0 Å². The summed E-state index contributed by atoms with van der Waals surface area (Å²) in [5.41, 5.74) is -0.308. The van der Waals surface area contributed by atoms with Gasteiger partial charge in [0, 0.05) is 5.56 Å². The minimum atomic E-state index is -0.728. The lowest BCUT2D eigenvalue weighted by Crippen LogP contribution is -2.06. The summed E-state index contributed by atoms with van der Waals surface area (Å²) >= 11 is 0. The third-order valence-electron chi connectivity index (χ3n) is 1.94. The van der Waals surface area contributed by atoms with Crippen molar-refractivity contribution in [3.63, 3.8) is 0 Å². The highest BCUT2D eigenvalue weighted by molar-refractivity contribution is 5.95. The number of phenols is 1. The molecule has 5 heteroatoms. The van der Waals surface area contributed by atoms with Gasteiger partial charge in [-0.1, -0.05) is 0 Å². The molecule has 0 bridgehead atoms. The van der Waals surface area contributed by atoms with Gasteiger partial charge in [-0.2, -0.15) is 5.26 Å². The first-order chi connectivity index (χ1) is 7.65. The van der Waals surface area contributed by atoms with Crippen LogP contribution in [0.25, 0.3) is 0 Å². The van der Waals surface area contributed by atoms with Gasteiger partial charge in [-0.15, -0.1) is 0 Å². The van der Waals surface area contributed by atoms with Gasteiger partial charge in [0.15, 0.2) is 6.29 Å². The van der Waals surface area contributed by atoms with Crippen molar-refractivity contribution in [3.05, 3.63) is 28.8 Å². The fourth-order valence-electron chi connectivity index (χ4n) is 1.20. The Morgan fingerprint density at radius 1 is 1.62 bits per heavy atom. The SMILES string of the molecule is CCOC(=O)c1ccc(C=O)c(C#N)c1O. The summed E-state index contributed by atoms with van der Waals surface area (Å²) in [6.45, 7) is 1.79. The van der Waals surface area contributed by atoms with Crippen molar-refractivity contribution in [3.8, 4) is 11.8 Å². The average molecular weight is 219 g/mol. The Kier molecular flexibility index (Phi) is 3.62. The van der Waals surface area contributed by atoms with E-state index in [2.05, 4.69) is 4.74 Å². The van der Waals surface area contributed by atoms with Crippen LogP contribution in [0, 0.1) is 11.3 Å². The summed E-state index contributed by atoms with van der Waals surface area (Å²) < 4.78 is 4.69. The fraction of sp³-hybridized carbons (Fsp3) is 0.182. The molecule has 0 aliphatic heterocycles. The Morgan fingerprint density at radius 2 is 2.31 bits per heavy atom. The summed E-state index contributed by atoms with van der Waals surface area (Å²) in [7, 11) is 0. The normalized spacial score (nSPS) is 9.25. The van der Waals surface area contributed by atoms with E-state index in [0.29, 0.717) is 6.29 Å². The van der Waals surface area contributed by atoms with Crippen molar-refractivity contribution in [2.75, 3.05) is 6.61 Å². The maximum Gasteiger partial charge on any atom is 0.341 e. The van der Waals surface area contributed by atoms with E-state index in [-0.39, 0.29) is 23.3 Å². The van der Waals surface area contributed by atoms with E-state index in [9.17, 15) is 14.7 Å². The van der Waals surface area contributed by atoms with E-state index in [4.69, 9.17) is 5.26 Å². The van der Waals surface area contributed by atoms with Gasteiger partial charge in [0.05, 0.1) is 6.61 Å². The van der Waals surface area contributed by atoms with Crippen molar-refractivity contribution in [2.45, 2.75) is 6.92 Å². The highest BCUT2D eigenvalue weighted by atomic mass is 16.5. The van der Waals surface area contributed by atoms with Gasteiger partial charge in [-0.3, -0.25) is 4.79 Å². The lowest BCUT2D eigenvalue weighted by atomic mass is 10.0. The standard InChI is InChI=1S/C11H9NO4/c1-2-16-11(15)8-4-3-7(6-13)9(5-12)10(8)14/h3-4,6,14H,2H2,1H3. The minimum Gasteiger partial charge on any atom is -0.506 e. The second-order valence-electron chi connectivity index (χ2n) is 2.88. The number of nitrogens with zero attached hydrogens (tertiary/aromatic N) is 1. The van der Waals surface area contributed by atoms with Crippen LogP contribution in [0.3, 0.4) is 0 Å². The largest absolute Gasteiger partial charge is 0.506 e. The second-order valence-corrected chi connectivity index (χ2v) is 2.88. The first kappa shape index (κ1) is 11.7. The number of aromatic hydroxyl groups is 1. The Labute approximate surface area is 91.9 Å². The molecule has 1 N–H and O–H groups in total. The van der Waals surface area contributed by atoms with Gasteiger partial charge in [0.1, 0.15) is 22.9 Å². The number of rotatable bonds is 3. The number of carbonyl (C=O) groups is 2. The smallest absolute Gasteiger partial charge is 0.341 e. The van der Waals surface area contributed by atoms with Crippen molar-refractivity contribution < 1.29 is 19.4 Å². The van der Waals surface area contributed by atoms with Gasteiger partial charge in [0.2, 0.25) is 0 Å². The van der Waals surface area contributed by atoms with Crippen LogP contribution in [-0.4, -0.2) is 24.0 Å². The third kappa shape index (κ3) is 2.01. The number of nitriles is 1. The second kappa shape index (κ2) is 4.94. The molecule has 1 aromatic carbocycles. The molecule has 0 aliphatic rings. The molecule has 0 saturated carbocycles. The van der Waals surface area contributed by atoms with Crippen molar-refractivity contribution in [2.24, 2.45) is 0 Å². The topological polar surface area (TPSA) is 87.4 Å². The van der Waals surface area contributed by atoms with E-state index in [1.807, 2.05) is 0 Å². The molecule has 0 spiro atoms. The maximum absolute atomic E-state index is 11.4. The molecule has 0 heterocycles. The van der Waals surface area contributed by atoms with Crippen LogP contribution >= 0.6 is 0 Å². The van der Waals surface area contributed by atoms with Crippen LogP contribution < -0.4 is 0 Å². The molecular formula is C11H9NO4. The van der Waals surface area contributed by atoms with Crippen molar-refractivity contribution >= 4 is 12.3 Å². The molecule has 1 aromatic rings. The number of hydrogen-bond donors (Lipinski definition) is 1. The summed E-state index contributed by atoms with van der Waals surface area (Å²) in [4.78, 5) is 21.9. The number of phenolic OH excluding ortho intramolecular Hbond substituents is 1. The minimum absolute atomic E-state index is 0.0352. The van der Waals surface area contributed by atoms with Gasteiger partial charge >= 0.3 is 5.97 Å². The van der Waals surface area contributed by atoms with Crippen LogP contribution in [0.1, 0.15) is 33.2 Å². The molecule has 16 heavy (non-hydrogen) atoms. The molecule has 0 fully saturated rings. The molecule has 0 saturated heterocycles. The van der Waals surface area contributed by atoms with Crippen LogP contribution in [0.15, 0.2) is 12.1 Å². The lowest BCUT2D eigenvalue weighted by molar-refractivity contribution is 0.0522. The molecule has 0 radical (unpaired) electrons. The van der Waals surface area contributed by atoms with E-state index >= 15 is 0 Å². The first-order valence-electron chi connectivity index (χ1n) is 4.54. The Morgan fingerprint density at radius 3 is 2.81 bits per heavy atom. The summed E-state index contributed by atoms with van der Waals surface area (Å²) in [5, 5.41) is 18.4. The lowest BCUT2D eigenvalue weighted by Gasteiger charge is -2.06. The number of hydrogen-bond acceptors (Lipinski definition) is 5. The van der Waals surface area contributed by atoms with Gasteiger partial charge < -0.3 is 9.84 Å². The number of carbonyl (C=O) groups excluding carboxylic acids is 2. The van der Waals surface area contributed by atoms with Crippen molar-refractivity contribution in [1.82, 2.24) is 0 Å². The van der Waals surface area contributed by atoms with E-state index in [1.165, 1.54) is 12.1 Å².